The van der Waals surface area contributed by atoms with E-state index in [4.69, 9.17) is 0 Å². The van der Waals surface area contributed by atoms with E-state index in [2.05, 4.69) is 194 Å². The van der Waals surface area contributed by atoms with Crippen molar-refractivity contribution in [1.29, 1.82) is 0 Å². The summed E-state index contributed by atoms with van der Waals surface area (Å²) in [6, 6.07) is 71.4. The predicted molar refractivity (Wildman–Crippen MR) is 216 cm³/mol. The van der Waals surface area contributed by atoms with Crippen molar-refractivity contribution in [2.45, 2.75) is 0 Å². The lowest BCUT2D eigenvalue weighted by Gasteiger charge is -2.20. The van der Waals surface area contributed by atoms with Crippen molar-refractivity contribution in [2.75, 3.05) is 0 Å². The molecule has 10 aromatic rings. The zero-order valence-electron chi connectivity index (χ0n) is 27.5. The predicted octanol–water partition coefficient (Wildman–Crippen LogP) is 14.1. The van der Waals surface area contributed by atoms with Gasteiger partial charge in [-0.2, -0.15) is 0 Å². The Kier molecular flexibility index (Phi) is 6.60. The zero-order valence-corrected chi connectivity index (χ0v) is 27.5. The number of rotatable bonds is 4. The molecule has 0 radical (unpaired) electrons. The average molecular weight is 633 g/mol. The van der Waals surface area contributed by atoms with Gasteiger partial charge in [0, 0.05) is 0 Å². The van der Waals surface area contributed by atoms with Crippen LogP contribution in [0.1, 0.15) is 0 Å². The molecule has 0 saturated carbocycles. The Morgan fingerprint density at radius 2 is 0.720 bits per heavy atom. The molecule has 0 bridgehead atoms. The van der Waals surface area contributed by atoms with Gasteiger partial charge in [0.1, 0.15) is 0 Å². The number of hydrogen-bond donors (Lipinski definition) is 0. The SMILES string of the molecule is c1ccc(-c2c3ccccc3c(-c3cccc(-c4cccc5ccccc45)c3)c3ccc(-c4cc5ccccc5c5ccccc45)cc23)cc1. The van der Waals surface area contributed by atoms with E-state index in [0.29, 0.717) is 0 Å². The second-order valence-corrected chi connectivity index (χ2v) is 13.2. The maximum atomic E-state index is 2.44. The molecule has 10 aromatic carbocycles. The van der Waals surface area contributed by atoms with Crippen LogP contribution in [0.25, 0.3) is 98.4 Å². The highest BCUT2D eigenvalue weighted by Crippen LogP contribution is 2.46. The van der Waals surface area contributed by atoms with E-state index in [1.807, 2.05) is 0 Å². The van der Waals surface area contributed by atoms with Gasteiger partial charge in [-0.3, -0.25) is 0 Å². The molecule has 10 rings (SSSR count). The molecule has 0 atom stereocenters. The number of benzene rings is 10. The minimum absolute atomic E-state index is 1.22. The number of hydrogen-bond acceptors (Lipinski definition) is 0. The van der Waals surface area contributed by atoms with Gasteiger partial charge in [-0.1, -0.05) is 176 Å². The van der Waals surface area contributed by atoms with Crippen LogP contribution in [-0.4, -0.2) is 0 Å². The van der Waals surface area contributed by atoms with Gasteiger partial charge in [-0.25, -0.2) is 0 Å². The van der Waals surface area contributed by atoms with E-state index in [0.717, 1.165) is 0 Å². The largest absolute Gasteiger partial charge is 0.0622 e. The van der Waals surface area contributed by atoms with Crippen LogP contribution >= 0.6 is 0 Å². The van der Waals surface area contributed by atoms with E-state index in [1.165, 1.54) is 98.4 Å². The Morgan fingerprint density at radius 3 is 1.52 bits per heavy atom. The van der Waals surface area contributed by atoms with Crippen LogP contribution in [0, 0.1) is 0 Å². The first kappa shape index (κ1) is 28.5. The van der Waals surface area contributed by atoms with Crippen LogP contribution in [0.5, 0.6) is 0 Å². The fourth-order valence-corrected chi connectivity index (χ4v) is 8.19. The lowest BCUT2D eigenvalue weighted by atomic mass is 9.83. The molecular formula is C50H32. The molecule has 0 amide bonds. The van der Waals surface area contributed by atoms with Gasteiger partial charge in [0.05, 0.1) is 0 Å². The highest BCUT2D eigenvalue weighted by molar-refractivity contribution is 6.23. The van der Waals surface area contributed by atoms with Crippen LogP contribution < -0.4 is 0 Å². The van der Waals surface area contributed by atoms with E-state index in [9.17, 15) is 0 Å². The molecule has 0 unspecified atom stereocenters. The minimum Gasteiger partial charge on any atom is -0.0622 e. The van der Waals surface area contributed by atoms with Gasteiger partial charge in [0.2, 0.25) is 0 Å². The van der Waals surface area contributed by atoms with Gasteiger partial charge in [-0.15, -0.1) is 0 Å². The molecule has 0 aliphatic carbocycles. The first-order chi connectivity index (χ1) is 24.8. The molecule has 0 N–H and O–H groups in total. The van der Waals surface area contributed by atoms with Crippen LogP contribution in [0.3, 0.4) is 0 Å². The topological polar surface area (TPSA) is 0 Å². The van der Waals surface area contributed by atoms with Crippen LogP contribution in [0.15, 0.2) is 194 Å². The van der Waals surface area contributed by atoms with E-state index in [1.54, 1.807) is 0 Å². The molecule has 0 aliphatic rings. The Hall–Kier alpha value is -6.50. The average Bonchev–Trinajstić information content (AvgIpc) is 3.19. The zero-order chi connectivity index (χ0) is 33.0. The standard InChI is InChI=1S/C50H32/c1-2-15-34(16-3-1)49-44-25-10-11-26-45(44)50(38-20-12-19-35(30-38)40-27-13-18-33-14-4-6-21-39(33)40)46-29-28-37(32-48(46)49)47-31-36-17-5-7-22-41(36)42-23-8-9-24-43(42)47/h1-32H. The van der Waals surface area contributed by atoms with E-state index < -0.39 is 0 Å². The first-order valence-corrected chi connectivity index (χ1v) is 17.4. The summed E-state index contributed by atoms with van der Waals surface area (Å²) >= 11 is 0. The van der Waals surface area contributed by atoms with Gasteiger partial charge in [0.25, 0.3) is 0 Å². The fourth-order valence-electron chi connectivity index (χ4n) is 8.19. The second-order valence-electron chi connectivity index (χ2n) is 13.2. The Morgan fingerprint density at radius 1 is 0.200 bits per heavy atom. The van der Waals surface area contributed by atoms with Gasteiger partial charge in [0.15, 0.2) is 0 Å². The molecule has 0 saturated heterocycles. The summed E-state index contributed by atoms with van der Waals surface area (Å²) in [6.45, 7) is 0. The summed E-state index contributed by atoms with van der Waals surface area (Å²) in [7, 11) is 0. The van der Waals surface area contributed by atoms with Crippen molar-refractivity contribution in [3.8, 4) is 44.5 Å². The Balaban J connectivity index is 1.29. The van der Waals surface area contributed by atoms with Gasteiger partial charge < -0.3 is 0 Å². The van der Waals surface area contributed by atoms with Crippen LogP contribution in [0.2, 0.25) is 0 Å². The van der Waals surface area contributed by atoms with Crippen molar-refractivity contribution in [3.05, 3.63) is 194 Å². The molecule has 0 aliphatic heterocycles. The third kappa shape index (κ3) is 4.54. The summed E-state index contributed by atoms with van der Waals surface area (Å²) in [5.41, 5.74) is 9.96. The molecule has 232 valence electrons. The molecule has 0 nitrogen and oxygen atoms in total. The lowest BCUT2D eigenvalue weighted by molar-refractivity contribution is 1.63. The van der Waals surface area contributed by atoms with E-state index >= 15 is 0 Å². The van der Waals surface area contributed by atoms with Crippen LogP contribution in [-0.2, 0) is 0 Å². The third-order valence-corrected chi connectivity index (χ3v) is 10.4. The summed E-state index contributed by atoms with van der Waals surface area (Å²) in [5.74, 6) is 0. The Labute approximate surface area is 291 Å². The molecule has 0 heterocycles. The van der Waals surface area contributed by atoms with Crippen molar-refractivity contribution < 1.29 is 0 Å². The summed E-state index contributed by atoms with van der Waals surface area (Å²) in [4.78, 5) is 0. The summed E-state index contributed by atoms with van der Waals surface area (Å²) < 4.78 is 0. The van der Waals surface area contributed by atoms with E-state index in [-0.39, 0.29) is 0 Å². The van der Waals surface area contributed by atoms with Crippen molar-refractivity contribution >= 4 is 53.9 Å². The van der Waals surface area contributed by atoms with Gasteiger partial charge >= 0.3 is 0 Å². The smallest absolute Gasteiger partial charge is 0.00261 e. The molecule has 0 fully saturated rings. The molecule has 0 aromatic heterocycles. The molecule has 50 heavy (non-hydrogen) atoms. The second kappa shape index (κ2) is 11.6. The fraction of sp³-hybridized carbons (Fsp3) is 0. The minimum atomic E-state index is 1.22. The van der Waals surface area contributed by atoms with Crippen molar-refractivity contribution in [1.82, 2.24) is 0 Å². The Bertz CT molecular complexity index is 2910. The third-order valence-electron chi connectivity index (χ3n) is 10.4. The lowest BCUT2D eigenvalue weighted by Crippen LogP contribution is -1.92. The monoisotopic (exact) mass is 632 g/mol. The molecular weight excluding hydrogens is 601 g/mol. The summed E-state index contributed by atoms with van der Waals surface area (Å²) in [6.07, 6.45) is 0. The molecule has 0 heteroatoms. The van der Waals surface area contributed by atoms with Gasteiger partial charge in [-0.05, 0) is 117 Å². The molecule has 0 spiro atoms. The van der Waals surface area contributed by atoms with Crippen molar-refractivity contribution in [2.24, 2.45) is 0 Å². The maximum Gasteiger partial charge on any atom is -0.00261 e. The van der Waals surface area contributed by atoms with Crippen LogP contribution in [0.4, 0.5) is 0 Å². The van der Waals surface area contributed by atoms with Crippen molar-refractivity contribution in [3.63, 3.8) is 0 Å². The highest BCUT2D eigenvalue weighted by Gasteiger charge is 2.19. The maximum absolute atomic E-state index is 2.44. The highest BCUT2D eigenvalue weighted by atomic mass is 14.2. The quantitative estimate of drug-likeness (QED) is 0.134. The number of fused-ring (bicyclic) bond motifs is 6. The normalized spacial score (nSPS) is 11.6. The first-order valence-electron chi connectivity index (χ1n) is 17.4. The summed E-state index contributed by atoms with van der Waals surface area (Å²) in [5, 5.41) is 12.7.